The number of fused-ring (bicyclic) bond motifs is 1. The number of anilines is 1. The van der Waals surface area contributed by atoms with Gasteiger partial charge in [-0.05, 0) is 37.4 Å². The van der Waals surface area contributed by atoms with E-state index in [-0.39, 0.29) is 17.2 Å². The van der Waals surface area contributed by atoms with Gasteiger partial charge in [0.25, 0.3) is 11.1 Å². The summed E-state index contributed by atoms with van der Waals surface area (Å²) in [5.41, 5.74) is 5.99. The van der Waals surface area contributed by atoms with Crippen molar-refractivity contribution < 1.29 is 0 Å². The van der Waals surface area contributed by atoms with Gasteiger partial charge in [-0.3, -0.25) is 19.8 Å². The molecule has 5 N–H and O–H groups in total. The first-order valence-electron chi connectivity index (χ1n) is 7.41. The van der Waals surface area contributed by atoms with Crippen molar-refractivity contribution in [2.24, 2.45) is 11.7 Å². The van der Waals surface area contributed by atoms with E-state index in [9.17, 15) is 9.59 Å². The van der Waals surface area contributed by atoms with Gasteiger partial charge in [-0.25, -0.2) is 0 Å². The number of benzene rings is 1. The maximum absolute atomic E-state index is 12.1. The first-order valence-corrected chi connectivity index (χ1v) is 7.41. The van der Waals surface area contributed by atoms with Crippen LogP contribution in [0, 0.1) is 5.92 Å². The zero-order valence-corrected chi connectivity index (χ0v) is 11.8. The fourth-order valence-electron chi connectivity index (χ4n) is 3.23. The molecule has 1 saturated carbocycles. The van der Waals surface area contributed by atoms with E-state index in [1.54, 1.807) is 12.1 Å². The zero-order chi connectivity index (χ0) is 14.8. The number of H-pyrrole nitrogens is 2. The molecule has 1 aliphatic carbocycles. The highest BCUT2D eigenvalue weighted by Crippen LogP contribution is 2.28. The second-order valence-corrected chi connectivity index (χ2v) is 5.67. The smallest absolute Gasteiger partial charge is 0.272 e. The van der Waals surface area contributed by atoms with Gasteiger partial charge in [-0.2, -0.15) is 0 Å². The fraction of sp³-hybridized carbons (Fsp3) is 0.467. The number of nitrogens with one attached hydrogen (secondary N) is 3. The van der Waals surface area contributed by atoms with E-state index < -0.39 is 0 Å². The highest BCUT2D eigenvalue weighted by Gasteiger charge is 2.24. The Hall–Kier alpha value is -2.08. The summed E-state index contributed by atoms with van der Waals surface area (Å²) < 4.78 is 0. The topological polar surface area (TPSA) is 104 Å². The Kier molecular flexibility index (Phi) is 3.79. The van der Waals surface area contributed by atoms with Gasteiger partial charge in [-0.1, -0.05) is 18.9 Å². The number of aromatic amines is 2. The molecule has 0 bridgehead atoms. The molecule has 1 heterocycles. The average Bonchev–Trinajstić information content (AvgIpc) is 2.52. The van der Waals surface area contributed by atoms with Crippen LogP contribution in [0.5, 0.6) is 0 Å². The molecule has 2 atom stereocenters. The lowest BCUT2D eigenvalue weighted by molar-refractivity contribution is 0.333. The van der Waals surface area contributed by atoms with Crippen LogP contribution in [0.15, 0.2) is 27.8 Å². The first-order chi connectivity index (χ1) is 10.2. The quantitative estimate of drug-likeness (QED) is 0.680. The summed E-state index contributed by atoms with van der Waals surface area (Å²) in [6.07, 6.45) is 4.51. The van der Waals surface area contributed by atoms with Crippen LogP contribution in [-0.4, -0.2) is 22.8 Å². The van der Waals surface area contributed by atoms with Gasteiger partial charge in [0.2, 0.25) is 0 Å². The highest BCUT2D eigenvalue weighted by molar-refractivity contribution is 5.92. The molecule has 112 valence electrons. The van der Waals surface area contributed by atoms with Crippen LogP contribution in [-0.2, 0) is 0 Å². The van der Waals surface area contributed by atoms with Crippen LogP contribution < -0.4 is 22.2 Å². The Labute approximate surface area is 121 Å². The van der Waals surface area contributed by atoms with Crippen molar-refractivity contribution in [2.45, 2.75) is 31.7 Å². The van der Waals surface area contributed by atoms with Gasteiger partial charge < -0.3 is 11.1 Å². The van der Waals surface area contributed by atoms with Gasteiger partial charge in [-0.15, -0.1) is 0 Å². The summed E-state index contributed by atoms with van der Waals surface area (Å²) in [7, 11) is 0. The van der Waals surface area contributed by atoms with Gasteiger partial charge >= 0.3 is 0 Å². The molecular formula is C15H20N4O2. The standard InChI is InChI=1S/C15H20N4O2/c16-8-9-4-1-2-6-11(9)17-12-7-3-5-10-13(12)15(21)19-18-14(10)20/h3,5,7,9,11,17H,1-2,4,6,8,16H2,(H,18,20)(H,19,21). The van der Waals surface area contributed by atoms with Crippen molar-refractivity contribution in [3.8, 4) is 0 Å². The molecule has 6 nitrogen and oxygen atoms in total. The molecule has 6 heteroatoms. The van der Waals surface area contributed by atoms with Crippen molar-refractivity contribution in [3.63, 3.8) is 0 Å². The van der Waals surface area contributed by atoms with E-state index in [1.807, 2.05) is 6.07 Å². The number of nitrogens with two attached hydrogens (primary N) is 1. The molecule has 1 aromatic carbocycles. The molecule has 0 saturated heterocycles. The molecule has 3 rings (SSSR count). The summed E-state index contributed by atoms with van der Waals surface area (Å²) in [5, 5.41) is 9.01. The summed E-state index contributed by atoms with van der Waals surface area (Å²) in [6.45, 7) is 0.638. The molecule has 1 fully saturated rings. The van der Waals surface area contributed by atoms with Gasteiger partial charge in [0.15, 0.2) is 0 Å². The van der Waals surface area contributed by atoms with Crippen molar-refractivity contribution in [2.75, 3.05) is 11.9 Å². The maximum Gasteiger partial charge on any atom is 0.272 e. The molecule has 2 aromatic rings. The Morgan fingerprint density at radius 1 is 1.14 bits per heavy atom. The molecule has 0 radical (unpaired) electrons. The van der Waals surface area contributed by atoms with Crippen molar-refractivity contribution in [1.82, 2.24) is 10.2 Å². The Morgan fingerprint density at radius 2 is 1.90 bits per heavy atom. The van der Waals surface area contributed by atoms with E-state index in [2.05, 4.69) is 15.5 Å². The fourth-order valence-corrected chi connectivity index (χ4v) is 3.23. The maximum atomic E-state index is 12.1. The minimum absolute atomic E-state index is 0.257. The summed E-state index contributed by atoms with van der Waals surface area (Å²) in [4.78, 5) is 23.9. The van der Waals surface area contributed by atoms with Crippen LogP contribution in [0.3, 0.4) is 0 Å². The average molecular weight is 288 g/mol. The number of hydrogen-bond donors (Lipinski definition) is 4. The van der Waals surface area contributed by atoms with Crippen LogP contribution in [0.1, 0.15) is 25.7 Å². The second-order valence-electron chi connectivity index (χ2n) is 5.67. The molecule has 2 unspecified atom stereocenters. The number of aromatic nitrogens is 2. The largest absolute Gasteiger partial charge is 0.381 e. The Bertz CT molecular complexity index is 749. The third-order valence-electron chi connectivity index (χ3n) is 4.38. The Morgan fingerprint density at radius 3 is 2.71 bits per heavy atom. The molecular weight excluding hydrogens is 268 g/mol. The van der Waals surface area contributed by atoms with Crippen LogP contribution in [0.25, 0.3) is 10.8 Å². The molecule has 0 amide bonds. The van der Waals surface area contributed by atoms with Crippen LogP contribution in [0.4, 0.5) is 5.69 Å². The third-order valence-corrected chi connectivity index (χ3v) is 4.38. The summed E-state index contributed by atoms with van der Waals surface area (Å²) >= 11 is 0. The van der Waals surface area contributed by atoms with E-state index in [1.165, 1.54) is 6.42 Å². The van der Waals surface area contributed by atoms with E-state index >= 15 is 0 Å². The van der Waals surface area contributed by atoms with Crippen molar-refractivity contribution in [1.29, 1.82) is 0 Å². The predicted octanol–water partition coefficient (Wildman–Crippen LogP) is 1.15. The zero-order valence-electron chi connectivity index (χ0n) is 11.8. The lowest BCUT2D eigenvalue weighted by Crippen LogP contribution is -2.37. The molecule has 1 aliphatic rings. The second kappa shape index (κ2) is 5.73. The monoisotopic (exact) mass is 288 g/mol. The van der Waals surface area contributed by atoms with E-state index in [0.717, 1.165) is 19.3 Å². The third kappa shape index (κ3) is 2.58. The SMILES string of the molecule is NCC1CCCCC1Nc1cccc2c(=O)[nH][nH]c(=O)c12. The number of rotatable bonds is 3. The predicted molar refractivity (Wildman–Crippen MR) is 83.6 cm³/mol. The Balaban J connectivity index is 2.03. The molecule has 21 heavy (non-hydrogen) atoms. The van der Waals surface area contributed by atoms with Crippen molar-refractivity contribution >= 4 is 16.5 Å². The normalized spacial score (nSPS) is 22.3. The summed E-state index contributed by atoms with van der Waals surface area (Å²) in [5.74, 6) is 0.412. The van der Waals surface area contributed by atoms with E-state index in [0.29, 0.717) is 28.9 Å². The lowest BCUT2D eigenvalue weighted by Gasteiger charge is -2.32. The van der Waals surface area contributed by atoms with Gasteiger partial charge in [0.05, 0.1) is 10.8 Å². The first kappa shape index (κ1) is 13.9. The van der Waals surface area contributed by atoms with Crippen LogP contribution in [0.2, 0.25) is 0 Å². The molecule has 1 aromatic heterocycles. The van der Waals surface area contributed by atoms with Gasteiger partial charge in [0, 0.05) is 11.7 Å². The summed E-state index contributed by atoms with van der Waals surface area (Å²) in [6, 6.07) is 5.56. The minimum Gasteiger partial charge on any atom is -0.381 e. The lowest BCUT2D eigenvalue weighted by atomic mass is 9.84. The van der Waals surface area contributed by atoms with Gasteiger partial charge in [0.1, 0.15) is 0 Å². The van der Waals surface area contributed by atoms with Crippen LogP contribution >= 0.6 is 0 Å². The minimum atomic E-state index is -0.285. The van der Waals surface area contributed by atoms with E-state index in [4.69, 9.17) is 5.73 Å². The molecule has 0 spiro atoms. The number of hydrogen-bond acceptors (Lipinski definition) is 4. The highest BCUT2D eigenvalue weighted by atomic mass is 16.1. The molecule has 0 aliphatic heterocycles. The van der Waals surface area contributed by atoms with Crippen molar-refractivity contribution in [3.05, 3.63) is 38.9 Å².